The molecule has 0 saturated carbocycles. The van der Waals surface area contributed by atoms with Gasteiger partial charge < -0.3 is 2.85 Å². The van der Waals surface area contributed by atoms with Gasteiger partial charge in [-0.3, -0.25) is 0 Å². The van der Waals surface area contributed by atoms with Crippen LogP contribution in [-0.2, 0) is 19.8 Å². The topological polar surface area (TPSA) is 17.1 Å². The molecule has 0 heterocycles. The Morgan fingerprint density at radius 3 is 1.50 bits per heavy atom. The van der Waals surface area contributed by atoms with E-state index in [4.69, 9.17) is 3.83 Å². The van der Waals surface area contributed by atoms with Gasteiger partial charge in [0.25, 0.3) is 0 Å². The van der Waals surface area contributed by atoms with Crippen molar-refractivity contribution in [2.75, 3.05) is 0 Å². The van der Waals surface area contributed by atoms with Crippen molar-refractivity contribution in [2.45, 2.75) is 0 Å². The van der Waals surface area contributed by atoms with Crippen molar-refractivity contribution in [2.24, 2.45) is 0 Å². The Morgan fingerprint density at radius 1 is 1.50 bits per heavy atom. The fourth-order valence-electron chi connectivity index (χ4n) is 0. The Labute approximate surface area is 58.1 Å². The Morgan fingerprint density at radius 2 is 1.50 bits per heavy atom. The zero-order valence-electron chi connectivity index (χ0n) is 3.88. The first kappa shape index (κ1) is 18.2. The van der Waals surface area contributed by atoms with Crippen molar-refractivity contribution in [3.63, 3.8) is 0 Å². The molecule has 4 heavy (non-hydrogen) atoms. The number of halogens is 1. The molecule has 0 aromatic rings. The fourth-order valence-corrected chi connectivity index (χ4v) is 0. The van der Waals surface area contributed by atoms with Crippen LogP contribution < -0.4 is 0 Å². The molecule has 0 aromatic carbocycles. The molecule has 0 fully saturated rings. The Hall–Kier alpha value is 1.38. The third-order valence-electron chi connectivity index (χ3n) is 0. The molecule has 0 unspecified atom stereocenters. The third-order valence-corrected chi connectivity index (χ3v) is 0. The first-order valence-electron chi connectivity index (χ1n) is 0.144. The predicted molar refractivity (Wildman–Crippen MR) is 15.9 cm³/mol. The molecule has 26 valence electrons. The average Bonchev–Trinajstić information content (AvgIpc) is 1.00. The summed E-state index contributed by atoms with van der Waals surface area (Å²) in [6, 6.07) is 0. The van der Waals surface area contributed by atoms with Gasteiger partial charge in [0.05, 0.1) is 0 Å². The monoisotopic (exact) mass is 134 g/mol. The molecule has 0 N–H and O–H groups in total. The van der Waals surface area contributed by atoms with Gasteiger partial charge in [-0.25, -0.2) is 0 Å². The van der Waals surface area contributed by atoms with Crippen LogP contribution >= 0.6 is 12.4 Å². The van der Waals surface area contributed by atoms with E-state index in [1.54, 1.807) is 0 Å². The molecule has 4 heteroatoms. The first-order valence-corrected chi connectivity index (χ1v) is 0.595. The van der Waals surface area contributed by atoms with E-state index in [1.165, 1.54) is 0 Å². The van der Waals surface area contributed by atoms with Gasteiger partial charge in [0.15, 0.2) is 0 Å². The molecule has 0 amide bonds. The summed E-state index contributed by atoms with van der Waals surface area (Å²) in [6.45, 7) is 0. The van der Waals surface area contributed by atoms with Crippen molar-refractivity contribution in [3.8, 4) is 0 Å². The van der Waals surface area contributed by atoms with Crippen molar-refractivity contribution in [1.29, 1.82) is 0 Å². The van der Waals surface area contributed by atoms with Crippen molar-refractivity contribution in [1.82, 2.24) is 0 Å². The van der Waals surface area contributed by atoms with Crippen molar-refractivity contribution >= 4 is 35.5 Å². The molecule has 0 aliphatic heterocycles. The van der Waals surface area contributed by atoms with Gasteiger partial charge in [-0.2, -0.15) is 0 Å². The molecule has 0 bridgehead atoms. The van der Waals surface area contributed by atoms with Gasteiger partial charge in [-0.1, -0.05) is 0 Å². The molecule has 0 radical (unpaired) electrons. The van der Waals surface area contributed by atoms with Crippen LogP contribution in [0, 0.1) is 0 Å². The molecule has 1 nitrogen and oxygen atoms in total. The summed E-state index contributed by atoms with van der Waals surface area (Å²) >= 11 is 2.00. The molecule has 0 aromatic heterocycles. The van der Waals surface area contributed by atoms with Crippen LogP contribution in [0.4, 0.5) is 0 Å². The predicted octanol–water partition coefficient (Wildman–Crippen LogP) is 0.145. The minimum atomic E-state index is 0. The SMILES string of the molecule is Cl.[H-].[H-].[Mg+2].[O]=[Fe]. The van der Waals surface area contributed by atoms with Crippen molar-refractivity contribution in [3.05, 3.63) is 0 Å². The zero-order chi connectivity index (χ0) is 2.00. The molecule has 0 spiro atoms. The number of rotatable bonds is 0. The van der Waals surface area contributed by atoms with Gasteiger partial charge >= 0.3 is 42.8 Å². The first-order chi connectivity index (χ1) is 1.00. The summed E-state index contributed by atoms with van der Waals surface area (Å²) < 4.78 is 8.00. The molecule has 0 rings (SSSR count). The summed E-state index contributed by atoms with van der Waals surface area (Å²) in [5.74, 6) is 0. The number of hydrogen-bond donors (Lipinski definition) is 0. The van der Waals surface area contributed by atoms with E-state index >= 15 is 0 Å². The molecule has 0 atom stereocenters. The second-order valence-electron chi connectivity index (χ2n) is 0. The second-order valence-corrected chi connectivity index (χ2v) is 0. The summed E-state index contributed by atoms with van der Waals surface area (Å²) in [5, 5.41) is 0. The van der Waals surface area contributed by atoms with E-state index in [9.17, 15) is 0 Å². The normalized spacial score (nSPS) is 1.25. The van der Waals surface area contributed by atoms with Crippen LogP contribution in [0.1, 0.15) is 2.85 Å². The quantitative estimate of drug-likeness (QED) is 0.431. The Bertz CT molecular complexity index is 13.5. The van der Waals surface area contributed by atoms with E-state index in [0.717, 1.165) is 0 Å². The van der Waals surface area contributed by atoms with Crippen molar-refractivity contribution < 1.29 is 22.6 Å². The van der Waals surface area contributed by atoms with Crippen LogP contribution in [0.2, 0.25) is 0 Å². The Kier molecular flexibility index (Phi) is 120. The van der Waals surface area contributed by atoms with E-state index in [0.29, 0.717) is 0 Å². The fraction of sp³-hybridized carbons (Fsp3) is 0. The van der Waals surface area contributed by atoms with Gasteiger partial charge in [0.1, 0.15) is 0 Å². The van der Waals surface area contributed by atoms with Gasteiger partial charge in [-0.05, 0) is 0 Å². The van der Waals surface area contributed by atoms with E-state index in [1.807, 2.05) is 15.9 Å². The van der Waals surface area contributed by atoms with Crippen LogP contribution in [-0.4, -0.2) is 23.1 Å². The van der Waals surface area contributed by atoms with Crippen LogP contribution in [0.5, 0.6) is 0 Å². The van der Waals surface area contributed by atoms with E-state index in [2.05, 4.69) is 0 Å². The summed E-state index contributed by atoms with van der Waals surface area (Å²) in [6.07, 6.45) is 0. The second kappa shape index (κ2) is 26.3. The van der Waals surface area contributed by atoms with Crippen LogP contribution in [0.15, 0.2) is 0 Å². The van der Waals surface area contributed by atoms with Crippen LogP contribution in [0.25, 0.3) is 0 Å². The summed E-state index contributed by atoms with van der Waals surface area (Å²) in [5.41, 5.74) is 0. The molecular weight excluding hydrogens is 132 g/mol. The molecule has 0 aliphatic rings. The van der Waals surface area contributed by atoms with Gasteiger partial charge in [0.2, 0.25) is 0 Å². The van der Waals surface area contributed by atoms with E-state index in [-0.39, 0.29) is 38.3 Å². The third kappa shape index (κ3) is 10.1. The molecule has 0 aliphatic carbocycles. The van der Waals surface area contributed by atoms with Gasteiger partial charge in [-0.15, -0.1) is 12.4 Å². The van der Waals surface area contributed by atoms with E-state index < -0.39 is 0 Å². The zero-order valence-corrected chi connectivity index (χ0v) is 5.21. The maximum atomic E-state index is 8.00. The average molecular weight is 135 g/mol. The maximum absolute atomic E-state index is 8.00. The number of hydrogen-bond acceptors (Lipinski definition) is 1. The van der Waals surface area contributed by atoms with Gasteiger partial charge in [0, 0.05) is 0 Å². The molecule has 0 saturated heterocycles. The minimum absolute atomic E-state index is 0. The van der Waals surface area contributed by atoms with Crippen LogP contribution in [0.3, 0.4) is 0 Å². The summed E-state index contributed by atoms with van der Waals surface area (Å²) in [7, 11) is 0. The summed E-state index contributed by atoms with van der Waals surface area (Å²) in [4.78, 5) is 0. The molecular formula is H3ClFeMgO. The standard InChI is InChI=1S/ClH.Fe.Mg.O.2H/h1H;;;;;/q;;+2;;2*-1. The Balaban J connectivity index is -0.000000000833.